The summed E-state index contributed by atoms with van der Waals surface area (Å²) < 4.78 is 38.6. The Kier molecular flexibility index (Phi) is 7.96. The molecule has 2 aromatic rings. The van der Waals surface area contributed by atoms with Crippen LogP contribution in [0.25, 0.3) is 0 Å². The molecule has 0 aliphatic carbocycles. The van der Waals surface area contributed by atoms with Crippen molar-refractivity contribution in [3.63, 3.8) is 0 Å². The van der Waals surface area contributed by atoms with Crippen LogP contribution in [-0.2, 0) is 24.5 Å². The van der Waals surface area contributed by atoms with Gasteiger partial charge >= 0.3 is 17.5 Å². The van der Waals surface area contributed by atoms with Crippen molar-refractivity contribution in [3.05, 3.63) is 41.7 Å². The number of rotatable bonds is 6. The van der Waals surface area contributed by atoms with E-state index in [2.05, 4.69) is 9.97 Å². The lowest BCUT2D eigenvalue weighted by Crippen LogP contribution is -2.42. The van der Waals surface area contributed by atoms with Gasteiger partial charge in [0, 0.05) is 31.8 Å². The number of piperidine rings is 1. The number of ether oxygens (including phenoxy) is 3. The molecule has 0 atom stereocenters. The number of carbonyl (C=O) groups is 1. The molecule has 1 aromatic carbocycles. The normalized spacial score (nSPS) is 21.4. The van der Waals surface area contributed by atoms with Crippen LogP contribution in [-0.4, -0.2) is 63.7 Å². The van der Waals surface area contributed by atoms with Gasteiger partial charge in [-0.15, -0.1) is 0 Å². The first kappa shape index (κ1) is 24.4. The zero-order valence-corrected chi connectivity index (χ0v) is 20.3. The minimum atomic E-state index is -1.65. The molecular weight excluding hydrogens is 462 g/mol. The molecule has 34 heavy (non-hydrogen) atoms. The summed E-state index contributed by atoms with van der Waals surface area (Å²) in [7, 11) is 0. The van der Waals surface area contributed by atoms with Gasteiger partial charge < -0.3 is 19.1 Å². The van der Waals surface area contributed by atoms with Crippen molar-refractivity contribution in [2.45, 2.75) is 51.7 Å². The van der Waals surface area contributed by atoms with Crippen LogP contribution in [0.4, 0.5) is 4.79 Å². The second kappa shape index (κ2) is 11.1. The summed E-state index contributed by atoms with van der Waals surface area (Å²) in [5, 5.41) is 0. The van der Waals surface area contributed by atoms with Crippen LogP contribution < -0.4 is 9.47 Å². The Morgan fingerprint density at radius 3 is 2.38 bits per heavy atom. The molecule has 1 amide bonds. The molecule has 2 fully saturated rings. The number of hydrogen-bond acceptors (Lipinski definition) is 9. The first-order valence-corrected chi connectivity index (χ1v) is 12.3. The summed E-state index contributed by atoms with van der Waals surface area (Å²) in [4.78, 5) is 22.3. The number of nitrogens with zero attached hydrogens (tertiary/aromatic N) is 3. The van der Waals surface area contributed by atoms with E-state index in [0.717, 1.165) is 5.56 Å². The minimum absolute atomic E-state index is 0.0196. The van der Waals surface area contributed by atoms with Crippen molar-refractivity contribution in [1.29, 1.82) is 0 Å². The standard InChI is InChI=1S/C23H29N3O7S/c1-15(2)31-23(27)26-10-8-20(9-11-26)33-22-16(3)21(24-14-25-22)32-19-6-4-17(5-7-19)18-12-29-34(28)30-13-18/h4-7,14-15,18,20H,8-13H2,1-3H3/t18-,34+. The Hall–Kier alpha value is -2.76. The molecule has 10 nitrogen and oxygen atoms in total. The zero-order chi connectivity index (χ0) is 24.1. The lowest BCUT2D eigenvalue weighted by atomic mass is 10.0. The predicted octanol–water partition coefficient (Wildman–Crippen LogP) is 3.67. The van der Waals surface area contributed by atoms with Gasteiger partial charge in [-0.05, 0) is 38.5 Å². The average Bonchev–Trinajstić information content (AvgIpc) is 2.83. The first-order valence-electron chi connectivity index (χ1n) is 11.3. The molecule has 0 unspecified atom stereocenters. The Labute approximate surface area is 201 Å². The average molecular weight is 492 g/mol. The topological polar surface area (TPSA) is 109 Å². The fraction of sp³-hybridized carbons (Fsp3) is 0.522. The van der Waals surface area contributed by atoms with Crippen LogP contribution in [0.2, 0.25) is 0 Å². The first-order chi connectivity index (χ1) is 16.4. The summed E-state index contributed by atoms with van der Waals surface area (Å²) in [5.41, 5.74) is 1.71. The highest BCUT2D eigenvalue weighted by Gasteiger charge is 2.26. The summed E-state index contributed by atoms with van der Waals surface area (Å²) >= 11 is -1.65. The van der Waals surface area contributed by atoms with Crippen LogP contribution in [0, 0.1) is 6.92 Å². The van der Waals surface area contributed by atoms with Crippen LogP contribution in [0.15, 0.2) is 30.6 Å². The van der Waals surface area contributed by atoms with Crippen LogP contribution in [0.5, 0.6) is 17.5 Å². The molecule has 1 aromatic heterocycles. The van der Waals surface area contributed by atoms with Crippen molar-refractivity contribution in [3.8, 4) is 17.5 Å². The third kappa shape index (κ3) is 6.22. The van der Waals surface area contributed by atoms with E-state index < -0.39 is 11.4 Å². The maximum atomic E-state index is 12.1. The monoisotopic (exact) mass is 491 g/mol. The van der Waals surface area contributed by atoms with E-state index in [4.69, 9.17) is 22.6 Å². The molecule has 0 N–H and O–H groups in total. The Balaban J connectivity index is 1.33. The van der Waals surface area contributed by atoms with Crippen LogP contribution in [0.1, 0.15) is 43.7 Å². The van der Waals surface area contributed by atoms with Crippen molar-refractivity contribution < 1.29 is 31.6 Å². The van der Waals surface area contributed by atoms with Crippen molar-refractivity contribution in [2.75, 3.05) is 26.3 Å². The summed E-state index contributed by atoms with van der Waals surface area (Å²) in [6, 6.07) is 7.53. The molecule has 0 radical (unpaired) electrons. The van der Waals surface area contributed by atoms with Crippen LogP contribution in [0.3, 0.4) is 0 Å². The smallest absolute Gasteiger partial charge is 0.410 e. The van der Waals surface area contributed by atoms with Gasteiger partial charge in [0.05, 0.1) is 24.9 Å². The van der Waals surface area contributed by atoms with Gasteiger partial charge in [-0.2, -0.15) is 4.21 Å². The van der Waals surface area contributed by atoms with Crippen LogP contribution >= 0.6 is 0 Å². The van der Waals surface area contributed by atoms with Gasteiger partial charge in [0.1, 0.15) is 18.2 Å². The largest absolute Gasteiger partial charge is 0.474 e. The van der Waals surface area contributed by atoms with Crippen molar-refractivity contribution >= 4 is 17.5 Å². The van der Waals surface area contributed by atoms with Gasteiger partial charge in [-0.25, -0.2) is 14.8 Å². The Bertz CT molecular complexity index is 1000. The molecule has 2 saturated heterocycles. The quantitative estimate of drug-likeness (QED) is 0.598. The van der Waals surface area contributed by atoms with E-state index in [0.29, 0.717) is 62.2 Å². The number of benzene rings is 1. The highest BCUT2D eigenvalue weighted by molar-refractivity contribution is 7.75. The molecule has 2 aliphatic heterocycles. The van der Waals surface area contributed by atoms with E-state index >= 15 is 0 Å². The summed E-state index contributed by atoms with van der Waals surface area (Å²) in [5.74, 6) is 1.52. The number of carbonyl (C=O) groups excluding carboxylic acids is 1. The summed E-state index contributed by atoms with van der Waals surface area (Å²) in [6.07, 6.45) is 2.32. The van der Waals surface area contributed by atoms with Crippen molar-refractivity contribution in [2.24, 2.45) is 0 Å². The molecular formula is C23H29N3O7S. The van der Waals surface area contributed by atoms with E-state index in [1.54, 1.807) is 4.90 Å². The molecule has 184 valence electrons. The Morgan fingerprint density at radius 2 is 1.74 bits per heavy atom. The second-order valence-electron chi connectivity index (χ2n) is 8.49. The highest BCUT2D eigenvalue weighted by atomic mass is 32.2. The van der Waals surface area contributed by atoms with E-state index in [-0.39, 0.29) is 24.2 Å². The zero-order valence-electron chi connectivity index (χ0n) is 19.5. The number of hydrogen-bond donors (Lipinski definition) is 0. The summed E-state index contributed by atoms with van der Waals surface area (Å²) in [6.45, 7) is 7.36. The van der Waals surface area contributed by atoms with Gasteiger partial charge in [-0.3, -0.25) is 8.37 Å². The fourth-order valence-electron chi connectivity index (χ4n) is 3.70. The molecule has 3 heterocycles. The van der Waals surface area contributed by atoms with E-state index in [1.807, 2.05) is 45.0 Å². The maximum Gasteiger partial charge on any atom is 0.410 e. The van der Waals surface area contributed by atoms with Crippen molar-refractivity contribution in [1.82, 2.24) is 14.9 Å². The third-order valence-electron chi connectivity index (χ3n) is 5.60. The third-order valence-corrected chi connectivity index (χ3v) is 6.26. The molecule has 0 saturated carbocycles. The number of likely N-dealkylation sites (tertiary alicyclic amines) is 1. The van der Waals surface area contributed by atoms with Gasteiger partial charge in [0.25, 0.3) is 0 Å². The van der Waals surface area contributed by atoms with E-state index in [9.17, 15) is 9.00 Å². The van der Waals surface area contributed by atoms with Gasteiger partial charge in [0.2, 0.25) is 11.8 Å². The molecule has 2 aliphatic rings. The lowest BCUT2D eigenvalue weighted by molar-refractivity contribution is 0.0505. The molecule has 0 bridgehead atoms. The Morgan fingerprint density at radius 1 is 1.09 bits per heavy atom. The number of aromatic nitrogens is 2. The van der Waals surface area contributed by atoms with Gasteiger partial charge in [-0.1, -0.05) is 12.1 Å². The molecule has 0 spiro atoms. The fourth-order valence-corrected chi connectivity index (χ4v) is 4.32. The highest BCUT2D eigenvalue weighted by Crippen LogP contribution is 2.30. The lowest BCUT2D eigenvalue weighted by Gasteiger charge is -2.31. The molecule has 11 heteroatoms. The molecule has 4 rings (SSSR count). The SMILES string of the molecule is Cc1c(Oc2ccc([C@H]3CO[S@@](=O)OC3)cc2)ncnc1OC1CCN(C(=O)OC(C)C)CC1. The minimum Gasteiger partial charge on any atom is -0.474 e. The maximum absolute atomic E-state index is 12.1. The van der Waals surface area contributed by atoms with E-state index in [1.165, 1.54) is 6.33 Å². The number of amides is 1. The second-order valence-corrected chi connectivity index (χ2v) is 9.37. The predicted molar refractivity (Wildman–Crippen MR) is 123 cm³/mol. The van der Waals surface area contributed by atoms with Gasteiger partial charge in [0.15, 0.2) is 0 Å².